The lowest BCUT2D eigenvalue weighted by atomic mass is 10.3. The molecule has 1 unspecified atom stereocenters. The van der Waals surface area contributed by atoms with Crippen LogP contribution in [0.3, 0.4) is 0 Å². The van der Waals surface area contributed by atoms with Crippen molar-refractivity contribution in [3.05, 3.63) is 30.5 Å². The molecule has 0 aliphatic carbocycles. The Kier molecular flexibility index (Phi) is 5.03. The largest absolute Gasteiger partial charge is 0.489 e. The highest BCUT2D eigenvalue weighted by atomic mass is 32.2. The maximum Gasteiger partial charge on any atom is 0.249 e. The second-order valence-corrected chi connectivity index (χ2v) is 8.43. The highest BCUT2D eigenvalue weighted by Gasteiger charge is 2.28. The SMILES string of the molecule is CC(C)Oc1ccccc1Nc1nncc(NC2CCS(=O)(=O)C2)n1. The molecule has 0 radical (unpaired) electrons. The fourth-order valence-electron chi connectivity index (χ4n) is 2.59. The Morgan fingerprint density at radius 1 is 1.28 bits per heavy atom. The number of para-hydroxylation sites is 2. The van der Waals surface area contributed by atoms with Crippen molar-refractivity contribution in [3.63, 3.8) is 0 Å². The zero-order valence-corrected chi connectivity index (χ0v) is 15.0. The van der Waals surface area contributed by atoms with Crippen molar-refractivity contribution in [2.75, 3.05) is 22.1 Å². The number of ether oxygens (including phenoxy) is 1. The molecule has 25 heavy (non-hydrogen) atoms. The number of hydrogen-bond acceptors (Lipinski definition) is 8. The lowest BCUT2D eigenvalue weighted by Crippen LogP contribution is -2.21. The molecule has 0 spiro atoms. The van der Waals surface area contributed by atoms with Gasteiger partial charge in [-0.2, -0.15) is 10.1 Å². The van der Waals surface area contributed by atoms with E-state index in [2.05, 4.69) is 25.8 Å². The van der Waals surface area contributed by atoms with Crippen LogP contribution in [0.1, 0.15) is 20.3 Å². The van der Waals surface area contributed by atoms with Gasteiger partial charge in [-0.05, 0) is 32.4 Å². The summed E-state index contributed by atoms with van der Waals surface area (Å²) in [6.07, 6.45) is 2.09. The molecule has 1 aliphatic heterocycles. The van der Waals surface area contributed by atoms with Crippen LogP contribution in [0.4, 0.5) is 17.5 Å². The first-order valence-electron chi connectivity index (χ1n) is 8.11. The third-order valence-corrected chi connectivity index (χ3v) is 5.41. The van der Waals surface area contributed by atoms with Crippen LogP contribution in [0.15, 0.2) is 30.5 Å². The van der Waals surface area contributed by atoms with Crippen LogP contribution >= 0.6 is 0 Å². The van der Waals surface area contributed by atoms with E-state index in [9.17, 15) is 8.42 Å². The number of nitrogens with zero attached hydrogens (tertiary/aromatic N) is 3. The van der Waals surface area contributed by atoms with Gasteiger partial charge in [0.2, 0.25) is 5.95 Å². The van der Waals surface area contributed by atoms with Crippen LogP contribution in [0.25, 0.3) is 0 Å². The van der Waals surface area contributed by atoms with Crippen LogP contribution < -0.4 is 15.4 Å². The quantitative estimate of drug-likeness (QED) is 0.803. The van der Waals surface area contributed by atoms with Gasteiger partial charge in [0.15, 0.2) is 15.7 Å². The van der Waals surface area contributed by atoms with Crippen LogP contribution in [-0.2, 0) is 9.84 Å². The molecule has 9 heteroatoms. The fourth-order valence-corrected chi connectivity index (χ4v) is 4.26. The summed E-state index contributed by atoms with van der Waals surface area (Å²) in [6, 6.07) is 7.35. The molecule has 1 fully saturated rings. The van der Waals surface area contributed by atoms with Gasteiger partial charge < -0.3 is 15.4 Å². The van der Waals surface area contributed by atoms with E-state index >= 15 is 0 Å². The van der Waals surface area contributed by atoms with Crippen molar-refractivity contribution in [1.29, 1.82) is 0 Å². The van der Waals surface area contributed by atoms with E-state index in [1.165, 1.54) is 6.20 Å². The predicted molar refractivity (Wildman–Crippen MR) is 96.0 cm³/mol. The summed E-state index contributed by atoms with van der Waals surface area (Å²) >= 11 is 0. The average molecular weight is 363 g/mol. The van der Waals surface area contributed by atoms with E-state index in [0.29, 0.717) is 23.9 Å². The topological polar surface area (TPSA) is 106 Å². The predicted octanol–water partition coefficient (Wildman–Crippen LogP) is 2.00. The van der Waals surface area contributed by atoms with Crippen molar-refractivity contribution in [1.82, 2.24) is 15.2 Å². The smallest absolute Gasteiger partial charge is 0.249 e. The van der Waals surface area contributed by atoms with Crippen LogP contribution in [0, 0.1) is 0 Å². The second kappa shape index (κ2) is 7.22. The number of anilines is 3. The lowest BCUT2D eigenvalue weighted by molar-refractivity contribution is 0.244. The summed E-state index contributed by atoms with van der Waals surface area (Å²) in [7, 11) is -2.95. The van der Waals surface area contributed by atoms with E-state index < -0.39 is 9.84 Å². The Balaban J connectivity index is 1.72. The van der Waals surface area contributed by atoms with E-state index in [4.69, 9.17) is 4.74 Å². The van der Waals surface area contributed by atoms with E-state index in [-0.39, 0.29) is 23.7 Å². The first-order chi connectivity index (χ1) is 11.9. The molecule has 1 aliphatic rings. The van der Waals surface area contributed by atoms with Gasteiger partial charge in [0, 0.05) is 6.04 Å². The van der Waals surface area contributed by atoms with Gasteiger partial charge in [-0.3, -0.25) is 0 Å². The Morgan fingerprint density at radius 2 is 2.08 bits per heavy atom. The minimum Gasteiger partial charge on any atom is -0.489 e. The van der Waals surface area contributed by atoms with Gasteiger partial charge in [0.1, 0.15) is 5.75 Å². The highest BCUT2D eigenvalue weighted by Crippen LogP contribution is 2.27. The summed E-state index contributed by atoms with van der Waals surface area (Å²) in [5.41, 5.74) is 0.735. The van der Waals surface area contributed by atoms with Crippen LogP contribution in [-0.4, -0.2) is 47.3 Å². The van der Waals surface area contributed by atoms with E-state index in [0.717, 1.165) is 5.69 Å². The summed E-state index contributed by atoms with van der Waals surface area (Å²) in [4.78, 5) is 4.35. The van der Waals surface area contributed by atoms with Crippen molar-refractivity contribution in [2.45, 2.75) is 32.4 Å². The highest BCUT2D eigenvalue weighted by molar-refractivity contribution is 7.91. The normalized spacial score (nSPS) is 18.9. The number of nitrogens with one attached hydrogen (secondary N) is 2. The second-order valence-electron chi connectivity index (χ2n) is 6.20. The van der Waals surface area contributed by atoms with Gasteiger partial charge in [-0.1, -0.05) is 12.1 Å². The van der Waals surface area contributed by atoms with Crippen LogP contribution in [0.5, 0.6) is 5.75 Å². The standard InChI is InChI=1S/C16H21N5O3S/c1-11(2)24-14-6-4-3-5-13(14)19-16-20-15(9-17-21-16)18-12-7-8-25(22,23)10-12/h3-6,9,11-12H,7-8,10H2,1-2H3,(H2,18,19,20,21). The Morgan fingerprint density at radius 3 is 2.80 bits per heavy atom. The number of aromatic nitrogens is 3. The molecule has 8 nitrogen and oxygen atoms in total. The molecular weight excluding hydrogens is 342 g/mol. The molecule has 1 aromatic carbocycles. The van der Waals surface area contributed by atoms with Crippen molar-refractivity contribution in [2.24, 2.45) is 0 Å². The summed E-state index contributed by atoms with van der Waals surface area (Å²) < 4.78 is 28.9. The molecular formula is C16H21N5O3S. The molecule has 1 aromatic heterocycles. The molecule has 1 atom stereocenters. The molecule has 0 bridgehead atoms. The lowest BCUT2D eigenvalue weighted by Gasteiger charge is -2.15. The van der Waals surface area contributed by atoms with Crippen molar-refractivity contribution < 1.29 is 13.2 Å². The van der Waals surface area contributed by atoms with Gasteiger partial charge in [-0.15, -0.1) is 5.10 Å². The number of rotatable bonds is 6. The minimum atomic E-state index is -2.95. The van der Waals surface area contributed by atoms with Gasteiger partial charge in [0.25, 0.3) is 0 Å². The van der Waals surface area contributed by atoms with Gasteiger partial charge in [0.05, 0.1) is 29.5 Å². The molecule has 1 saturated heterocycles. The summed E-state index contributed by atoms with van der Waals surface area (Å²) in [5, 5.41) is 14.1. The van der Waals surface area contributed by atoms with Crippen molar-refractivity contribution in [3.8, 4) is 5.75 Å². The number of hydrogen-bond donors (Lipinski definition) is 2. The Bertz CT molecular complexity index is 841. The monoisotopic (exact) mass is 363 g/mol. The third-order valence-electron chi connectivity index (χ3n) is 3.64. The first-order valence-corrected chi connectivity index (χ1v) is 9.93. The zero-order valence-electron chi connectivity index (χ0n) is 14.1. The number of benzene rings is 1. The Hall–Kier alpha value is -2.42. The average Bonchev–Trinajstić information content (AvgIpc) is 2.88. The van der Waals surface area contributed by atoms with Crippen molar-refractivity contribution >= 4 is 27.3 Å². The summed E-state index contributed by atoms with van der Waals surface area (Å²) in [6.45, 7) is 3.91. The van der Waals surface area contributed by atoms with Gasteiger partial charge in [-0.25, -0.2) is 8.42 Å². The summed E-state index contributed by atoms with van der Waals surface area (Å²) in [5.74, 6) is 1.81. The van der Waals surface area contributed by atoms with E-state index in [1.807, 2.05) is 38.1 Å². The van der Waals surface area contributed by atoms with E-state index in [1.54, 1.807) is 0 Å². The molecule has 0 amide bonds. The molecule has 2 heterocycles. The molecule has 3 rings (SSSR count). The number of sulfone groups is 1. The Labute approximate surface area is 147 Å². The maximum atomic E-state index is 11.6. The fraction of sp³-hybridized carbons (Fsp3) is 0.438. The molecule has 2 N–H and O–H groups in total. The molecule has 134 valence electrons. The minimum absolute atomic E-state index is 0.0410. The maximum absolute atomic E-state index is 11.6. The van der Waals surface area contributed by atoms with Crippen LogP contribution in [0.2, 0.25) is 0 Å². The molecule has 2 aromatic rings. The first kappa shape index (κ1) is 17.4. The zero-order chi connectivity index (χ0) is 17.9. The third kappa shape index (κ3) is 4.79. The van der Waals surface area contributed by atoms with Gasteiger partial charge >= 0.3 is 0 Å². The molecule has 0 saturated carbocycles.